The Labute approximate surface area is 115 Å². The number of halogens is 1. The van der Waals surface area contributed by atoms with Gasteiger partial charge in [-0.1, -0.05) is 20.8 Å². The van der Waals surface area contributed by atoms with Gasteiger partial charge in [-0.05, 0) is 38.7 Å². The van der Waals surface area contributed by atoms with Crippen molar-refractivity contribution < 1.29 is 4.79 Å². The number of aromatic nitrogens is 1. The van der Waals surface area contributed by atoms with Gasteiger partial charge in [-0.2, -0.15) is 0 Å². The maximum absolute atomic E-state index is 12.0. The first-order valence-electron chi connectivity index (χ1n) is 6.48. The zero-order valence-electron chi connectivity index (χ0n) is 12.3. The van der Waals surface area contributed by atoms with Crippen LogP contribution in [0, 0.1) is 19.3 Å². The topological polar surface area (TPSA) is 22.0 Å². The molecule has 1 heterocycles. The maximum Gasteiger partial charge on any atom is 0.182 e. The molecule has 0 saturated carbocycles. The number of ketones is 1. The van der Waals surface area contributed by atoms with E-state index in [9.17, 15) is 4.79 Å². The van der Waals surface area contributed by atoms with Crippen LogP contribution >= 0.6 is 11.6 Å². The fraction of sp³-hybridized carbons (Fsp3) is 0.667. The van der Waals surface area contributed by atoms with Crippen LogP contribution in [0.4, 0.5) is 0 Å². The smallest absolute Gasteiger partial charge is 0.182 e. The van der Waals surface area contributed by atoms with E-state index < -0.39 is 5.38 Å². The van der Waals surface area contributed by atoms with E-state index in [1.54, 1.807) is 6.92 Å². The van der Waals surface area contributed by atoms with E-state index in [1.165, 1.54) is 0 Å². The van der Waals surface area contributed by atoms with Gasteiger partial charge in [0.15, 0.2) is 5.78 Å². The van der Waals surface area contributed by atoms with Crippen LogP contribution in [0.1, 0.15) is 55.9 Å². The van der Waals surface area contributed by atoms with E-state index in [2.05, 4.69) is 25.3 Å². The normalized spacial score (nSPS) is 13.7. The van der Waals surface area contributed by atoms with Gasteiger partial charge in [-0.25, -0.2) is 0 Å². The van der Waals surface area contributed by atoms with Gasteiger partial charge in [0, 0.05) is 23.5 Å². The largest absolute Gasteiger partial charge is 0.348 e. The SMILES string of the molecule is Cc1cc(C(=O)C(C)Cl)c(C)n1CCC(C)(C)C. The molecule has 102 valence electrons. The summed E-state index contributed by atoms with van der Waals surface area (Å²) in [6, 6.07) is 1.96. The highest BCUT2D eigenvalue weighted by Crippen LogP contribution is 2.23. The molecule has 0 aliphatic heterocycles. The number of carbonyl (C=O) groups is 1. The summed E-state index contributed by atoms with van der Waals surface area (Å²) in [4.78, 5) is 12.0. The lowest BCUT2D eigenvalue weighted by Crippen LogP contribution is -2.14. The number of carbonyl (C=O) groups excluding carboxylic acids is 1. The molecule has 0 N–H and O–H groups in total. The Morgan fingerprint density at radius 1 is 1.39 bits per heavy atom. The number of rotatable bonds is 4. The lowest BCUT2D eigenvalue weighted by Gasteiger charge is -2.20. The molecule has 2 nitrogen and oxygen atoms in total. The molecule has 18 heavy (non-hydrogen) atoms. The van der Waals surface area contributed by atoms with Crippen LogP contribution < -0.4 is 0 Å². The van der Waals surface area contributed by atoms with E-state index in [0.29, 0.717) is 5.41 Å². The van der Waals surface area contributed by atoms with Crippen molar-refractivity contribution in [2.45, 2.75) is 59.9 Å². The summed E-state index contributed by atoms with van der Waals surface area (Å²) in [7, 11) is 0. The molecule has 1 rings (SSSR count). The Bertz CT molecular complexity index is 438. The average Bonchev–Trinajstić information content (AvgIpc) is 2.49. The minimum atomic E-state index is -0.457. The van der Waals surface area contributed by atoms with Crippen molar-refractivity contribution in [1.29, 1.82) is 0 Å². The Kier molecular flexibility index (Phi) is 4.66. The third kappa shape index (κ3) is 3.61. The molecule has 0 amide bonds. The fourth-order valence-corrected chi connectivity index (χ4v) is 2.17. The quantitative estimate of drug-likeness (QED) is 0.588. The Morgan fingerprint density at radius 2 is 1.94 bits per heavy atom. The highest BCUT2D eigenvalue weighted by atomic mass is 35.5. The summed E-state index contributed by atoms with van der Waals surface area (Å²) in [6.45, 7) is 13.4. The number of Topliss-reactive ketones (excluding diaryl/α,β-unsaturated/α-hetero) is 1. The van der Waals surface area contributed by atoms with Gasteiger partial charge in [0.05, 0.1) is 5.38 Å². The summed E-state index contributed by atoms with van der Waals surface area (Å²) in [5, 5.41) is -0.457. The van der Waals surface area contributed by atoms with Crippen molar-refractivity contribution in [2.75, 3.05) is 0 Å². The lowest BCUT2D eigenvalue weighted by molar-refractivity contribution is 0.0991. The number of nitrogens with zero attached hydrogens (tertiary/aromatic N) is 1. The summed E-state index contributed by atoms with van der Waals surface area (Å²) in [5.74, 6) is 0.0202. The molecule has 0 fully saturated rings. The summed E-state index contributed by atoms with van der Waals surface area (Å²) in [5.41, 5.74) is 3.24. The highest BCUT2D eigenvalue weighted by molar-refractivity contribution is 6.33. The van der Waals surface area contributed by atoms with Gasteiger partial charge in [0.25, 0.3) is 0 Å². The number of hydrogen-bond donors (Lipinski definition) is 0. The zero-order chi connectivity index (χ0) is 14.1. The molecular weight excluding hydrogens is 246 g/mol. The van der Waals surface area contributed by atoms with E-state index >= 15 is 0 Å². The number of hydrogen-bond acceptors (Lipinski definition) is 1. The van der Waals surface area contributed by atoms with Crippen molar-refractivity contribution >= 4 is 17.4 Å². The Morgan fingerprint density at radius 3 is 2.39 bits per heavy atom. The second-order valence-electron chi connectivity index (χ2n) is 6.23. The Balaban J connectivity index is 2.98. The number of aryl methyl sites for hydroxylation is 1. The number of alkyl halides is 1. The van der Waals surface area contributed by atoms with Crippen LogP contribution in [0.25, 0.3) is 0 Å². The molecule has 0 saturated heterocycles. The van der Waals surface area contributed by atoms with Crippen molar-refractivity contribution in [3.63, 3.8) is 0 Å². The van der Waals surface area contributed by atoms with Crippen LogP contribution in [-0.2, 0) is 6.54 Å². The van der Waals surface area contributed by atoms with Crippen molar-refractivity contribution in [2.24, 2.45) is 5.41 Å². The van der Waals surface area contributed by atoms with Gasteiger partial charge < -0.3 is 4.57 Å². The molecule has 1 aromatic rings. The molecule has 0 aliphatic rings. The minimum absolute atomic E-state index is 0.0202. The molecule has 0 aliphatic carbocycles. The van der Waals surface area contributed by atoms with E-state index in [4.69, 9.17) is 11.6 Å². The molecule has 0 bridgehead atoms. The van der Waals surface area contributed by atoms with Gasteiger partial charge in [0.1, 0.15) is 0 Å². The predicted octanol–water partition coefficient (Wildman–Crippen LogP) is 4.35. The molecule has 1 atom stereocenters. The Hall–Kier alpha value is -0.760. The van der Waals surface area contributed by atoms with E-state index in [0.717, 1.165) is 29.9 Å². The third-order valence-electron chi connectivity index (χ3n) is 3.29. The predicted molar refractivity (Wildman–Crippen MR) is 77.6 cm³/mol. The van der Waals surface area contributed by atoms with Crippen molar-refractivity contribution in [1.82, 2.24) is 4.57 Å². The maximum atomic E-state index is 12.0. The molecule has 1 unspecified atom stereocenters. The van der Waals surface area contributed by atoms with Crippen LogP contribution in [0.15, 0.2) is 6.07 Å². The van der Waals surface area contributed by atoms with Crippen LogP contribution in [-0.4, -0.2) is 15.7 Å². The van der Waals surface area contributed by atoms with Gasteiger partial charge in [0.2, 0.25) is 0 Å². The second-order valence-corrected chi connectivity index (χ2v) is 6.88. The molecule has 0 radical (unpaired) electrons. The first-order valence-corrected chi connectivity index (χ1v) is 6.92. The lowest BCUT2D eigenvalue weighted by atomic mass is 9.92. The monoisotopic (exact) mass is 269 g/mol. The second kappa shape index (κ2) is 5.48. The third-order valence-corrected chi connectivity index (χ3v) is 3.48. The summed E-state index contributed by atoms with van der Waals surface area (Å²) >= 11 is 5.89. The van der Waals surface area contributed by atoms with Crippen LogP contribution in [0.3, 0.4) is 0 Å². The first kappa shape index (κ1) is 15.3. The zero-order valence-corrected chi connectivity index (χ0v) is 13.1. The molecular formula is C15H24ClNO. The highest BCUT2D eigenvalue weighted by Gasteiger charge is 2.20. The van der Waals surface area contributed by atoms with Crippen molar-refractivity contribution in [3.05, 3.63) is 23.0 Å². The van der Waals surface area contributed by atoms with Crippen LogP contribution in [0.5, 0.6) is 0 Å². The van der Waals surface area contributed by atoms with Crippen LogP contribution in [0.2, 0.25) is 0 Å². The van der Waals surface area contributed by atoms with Crippen molar-refractivity contribution in [3.8, 4) is 0 Å². The van der Waals surface area contributed by atoms with Gasteiger partial charge in [-0.15, -0.1) is 11.6 Å². The molecule has 0 aromatic carbocycles. The summed E-state index contributed by atoms with van der Waals surface area (Å²) < 4.78 is 2.22. The van der Waals surface area contributed by atoms with Gasteiger partial charge in [-0.3, -0.25) is 4.79 Å². The summed E-state index contributed by atoms with van der Waals surface area (Å²) in [6.07, 6.45) is 1.09. The van der Waals surface area contributed by atoms with E-state index in [1.807, 2.05) is 19.9 Å². The first-order chi connectivity index (χ1) is 8.13. The molecule has 3 heteroatoms. The average molecular weight is 270 g/mol. The minimum Gasteiger partial charge on any atom is -0.348 e. The standard InChI is InChI=1S/C15H24ClNO/c1-10-9-13(14(18)11(2)16)12(3)17(10)8-7-15(4,5)6/h9,11H,7-8H2,1-6H3. The van der Waals surface area contributed by atoms with E-state index in [-0.39, 0.29) is 5.78 Å². The molecule has 0 spiro atoms. The molecule has 1 aromatic heterocycles. The fourth-order valence-electron chi connectivity index (χ4n) is 2.06. The van der Waals surface area contributed by atoms with Gasteiger partial charge >= 0.3 is 0 Å².